The lowest BCUT2D eigenvalue weighted by Crippen LogP contribution is -2.51. The summed E-state index contributed by atoms with van der Waals surface area (Å²) in [5.74, 6) is 1.31. The van der Waals surface area contributed by atoms with Crippen LogP contribution < -0.4 is 10.1 Å². The summed E-state index contributed by atoms with van der Waals surface area (Å²) in [7, 11) is 0. The Kier molecular flexibility index (Phi) is 4.34. The van der Waals surface area contributed by atoms with Gasteiger partial charge >= 0.3 is 0 Å². The first kappa shape index (κ1) is 14.5. The molecule has 22 heavy (non-hydrogen) atoms. The predicted octanol–water partition coefficient (Wildman–Crippen LogP) is 2.31. The van der Waals surface area contributed by atoms with E-state index in [0.717, 1.165) is 12.3 Å². The maximum Gasteiger partial charge on any atom is 0.272 e. The molecule has 2 heterocycles. The first-order chi connectivity index (χ1) is 10.7. The first-order valence-corrected chi connectivity index (χ1v) is 7.44. The van der Waals surface area contributed by atoms with Gasteiger partial charge < -0.3 is 15.0 Å². The lowest BCUT2D eigenvalue weighted by Gasteiger charge is -2.31. The second-order valence-corrected chi connectivity index (χ2v) is 5.40. The molecule has 0 bridgehead atoms. The van der Waals surface area contributed by atoms with E-state index in [-0.39, 0.29) is 5.91 Å². The van der Waals surface area contributed by atoms with Gasteiger partial charge in [0.2, 0.25) is 0 Å². The minimum absolute atomic E-state index is 0.0492. The Bertz CT molecular complexity index is 645. The molecule has 1 aliphatic heterocycles. The molecule has 1 aromatic carbocycles. The fourth-order valence-corrected chi connectivity index (χ4v) is 2.50. The van der Waals surface area contributed by atoms with Crippen LogP contribution >= 0.6 is 0 Å². The van der Waals surface area contributed by atoms with Gasteiger partial charge in [0.25, 0.3) is 5.91 Å². The van der Waals surface area contributed by atoms with Crippen LogP contribution in [0.1, 0.15) is 17.4 Å². The zero-order chi connectivity index (χ0) is 15.4. The van der Waals surface area contributed by atoms with Crippen molar-refractivity contribution in [2.45, 2.75) is 13.0 Å². The summed E-state index contributed by atoms with van der Waals surface area (Å²) in [4.78, 5) is 18.5. The summed E-state index contributed by atoms with van der Waals surface area (Å²) < 4.78 is 5.75. The van der Waals surface area contributed by atoms with Gasteiger partial charge in [0.05, 0.1) is 0 Å². The Morgan fingerprint density at radius 2 is 2.09 bits per heavy atom. The molecule has 3 rings (SSSR count). The molecule has 1 N–H and O–H groups in total. The van der Waals surface area contributed by atoms with Crippen LogP contribution in [0.5, 0.6) is 11.5 Å². The summed E-state index contributed by atoms with van der Waals surface area (Å²) in [6, 6.07) is 13.3. The number of hydrogen-bond donors (Lipinski definition) is 1. The second kappa shape index (κ2) is 6.58. The fourth-order valence-electron chi connectivity index (χ4n) is 2.50. The Morgan fingerprint density at radius 1 is 1.27 bits per heavy atom. The molecule has 1 atom stereocenters. The maximum absolute atomic E-state index is 12.5. The SMILES string of the molecule is CC1CN(C(=O)c2cc(Oc3ccccc3)ccn2)CCN1. The fraction of sp³-hybridized carbons (Fsp3) is 0.294. The minimum Gasteiger partial charge on any atom is -0.457 e. The molecule has 5 nitrogen and oxygen atoms in total. The standard InChI is InChI=1S/C17H19N3O2/c1-13-12-20(10-9-18-13)17(21)16-11-15(7-8-19-16)22-14-5-3-2-4-6-14/h2-8,11,13,18H,9-10,12H2,1H3. The zero-order valence-corrected chi connectivity index (χ0v) is 12.5. The van der Waals surface area contributed by atoms with Crippen LogP contribution in [0, 0.1) is 0 Å². The number of ether oxygens (including phenoxy) is 1. The van der Waals surface area contributed by atoms with Crippen LogP contribution in [0.25, 0.3) is 0 Å². The van der Waals surface area contributed by atoms with Gasteiger partial charge in [-0.25, -0.2) is 0 Å². The lowest BCUT2D eigenvalue weighted by molar-refractivity contribution is 0.0703. The molecule has 1 amide bonds. The number of nitrogens with one attached hydrogen (secondary N) is 1. The highest BCUT2D eigenvalue weighted by molar-refractivity contribution is 5.92. The molecule has 0 aliphatic carbocycles. The highest BCUT2D eigenvalue weighted by Gasteiger charge is 2.22. The molecule has 1 fully saturated rings. The summed E-state index contributed by atoms with van der Waals surface area (Å²) in [5, 5.41) is 3.32. The van der Waals surface area contributed by atoms with Gasteiger partial charge in [-0.05, 0) is 25.1 Å². The molecular weight excluding hydrogens is 278 g/mol. The topological polar surface area (TPSA) is 54.5 Å². The Balaban J connectivity index is 1.74. The normalized spacial score (nSPS) is 18.0. The van der Waals surface area contributed by atoms with E-state index in [1.165, 1.54) is 0 Å². The molecule has 0 spiro atoms. The number of amides is 1. The first-order valence-electron chi connectivity index (χ1n) is 7.44. The molecule has 0 radical (unpaired) electrons. The third-order valence-corrected chi connectivity index (χ3v) is 3.59. The van der Waals surface area contributed by atoms with E-state index in [9.17, 15) is 4.79 Å². The number of para-hydroxylation sites is 1. The van der Waals surface area contributed by atoms with E-state index in [1.807, 2.05) is 35.2 Å². The van der Waals surface area contributed by atoms with Gasteiger partial charge in [-0.15, -0.1) is 0 Å². The van der Waals surface area contributed by atoms with E-state index in [1.54, 1.807) is 18.3 Å². The number of piperazine rings is 1. The Morgan fingerprint density at radius 3 is 2.86 bits per heavy atom. The molecule has 1 unspecified atom stereocenters. The third kappa shape index (κ3) is 3.43. The van der Waals surface area contributed by atoms with Crippen molar-refractivity contribution in [1.29, 1.82) is 0 Å². The number of benzene rings is 1. The van der Waals surface area contributed by atoms with Gasteiger partial charge in [-0.1, -0.05) is 18.2 Å². The monoisotopic (exact) mass is 297 g/mol. The van der Waals surface area contributed by atoms with E-state index in [2.05, 4.69) is 17.2 Å². The number of carbonyl (C=O) groups is 1. The van der Waals surface area contributed by atoms with Crippen molar-refractivity contribution in [2.24, 2.45) is 0 Å². The van der Waals surface area contributed by atoms with Crippen molar-refractivity contribution in [3.05, 3.63) is 54.4 Å². The van der Waals surface area contributed by atoms with Crippen molar-refractivity contribution >= 4 is 5.91 Å². The van der Waals surface area contributed by atoms with Crippen LogP contribution in [0.15, 0.2) is 48.7 Å². The molecule has 2 aromatic rings. The van der Waals surface area contributed by atoms with Crippen LogP contribution in [-0.2, 0) is 0 Å². The summed E-state index contributed by atoms with van der Waals surface area (Å²) in [6.07, 6.45) is 1.61. The van der Waals surface area contributed by atoms with Crippen LogP contribution in [0.4, 0.5) is 0 Å². The smallest absolute Gasteiger partial charge is 0.272 e. The second-order valence-electron chi connectivity index (χ2n) is 5.40. The van der Waals surface area contributed by atoms with Gasteiger partial charge in [0, 0.05) is 37.9 Å². The number of hydrogen-bond acceptors (Lipinski definition) is 4. The third-order valence-electron chi connectivity index (χ3n) is 3.59. The Hall–Kier alpha value is -2.40. The minimum atomic E-state index is -0.0492. The van der Waals surface area contributed by atoms with E-state index < -0.39 is 0 Å². The van der Waals surface area contributed by atoms with Gasteiger partial charge in [-0.2, -0.15) is 0 Å². The van der Waals surface area contributed by atoms with Gasteiger partial charge in [0.1, 0.15) is 17.2 Å². The van der Waals surface area contributed by atoms with Crippen molar-refractivity contribution in [2.75, 3.05) is 19.6 Å². The van der Waals surface area contributed by atoms with Gasteiger partial charge in [0.15, 0.2) is 0 Å². The highest BCUT2D eigenvalue weighted by Crippen LogP contribution is 2.21. The van der Waals surface area contributed by atoms with Crippen LogP contribution in [0.2, 0.25) is 0 Å². The maximum atomic E-state index is 12.5. The number of aromatic nitrogens is 1. The zero-order valence-electron chi connectivity index (χ0n) is 12.5. The predicted molar refractivity (Wildman–Crippen MR) is 84.1 cm³/mol. The lowest BCUT2D eigenvalue weighted by atomic mass is 10.2. The molecule has 114 valence electrons. The summed E-state index contributed by atoms with van der Waals surface area (Å²) >= 11 is 0. The van der Waals surface area contributed by atoms with E-state index in [0.29, 0.717) is 30.6 Å². The molecule has 1 aromatic heterocycles. The largest absolute Gasteiger partial charge is 0.457 e. The van der Waals surface area contributed by atoms with Crippen molar-refractivity contribution in [3.63, 3.8) is 0 Å². The summed E-state index contributed by atoms with van der Waals surface area (Å²) in [5.41, 5.74) is 0.419. The van der Waals surface area contributed by atoms with Gasteiger partial charge in [-0.3, -0.25) is 9.78 Å². The number of pyridine rings is 1. The molecule has 1 aliphatic rings. The van der Waals surface area contributed by atoms with Crippen molar-refractivity contribution in [3.8, 4) is 11.5 Å². The molecule has 5 heteroatoms. The average Bonchev–Trinajstić information content (AvgIpc) is 2.55. The average molecular weight is 297 g/mol. The Labute approximate surface area is 129 Å². The number of rotatable bonds is 3. The molecule has 1 saturated heterocycles. The van der Waals surface area contributed by atoms with Crippen molar-refractivity contribution < 1.29 is 9.53 Å². The summed E-state index contributed by atoms with van der Waals surface area (Å²) in [6.45, 7) is 4.29. The molecular formula is C17H19N3O2. The molecule has 0 saturated carbocycles. The quantitative estimate of drug-likeness (QED) is 0.944. The van der Waals surface area contributed by atoms with E-state index >= 15 is 0 Å². The van der Waals surface area contributed by atoms with Crippen LogP contribution in [-0.4, -0.2) is 41.5 Å². The van der Waals surface area contributed by atoms with E-state index in [4.69, 9.17) is 4.74 Å². The number of carbonyl (C=O) groups excluding carboxylic acids is 1. The van der Waals surface area contributed by atoms with Crippen LogP contribution in [0.3, 0.4) is 0 Å². The number of nitrogens with zero attached hydrogens (tertiary/aromatic N) is 2. The van der Waals surface area contributed by atoms with Crippen molar-refractivity contribution in [1.82, 2.24) is 15.2 Å². The highest BCUT2D eigenvalue weighted by atomic mass is 16.5.